The number of nitrogens with one attached hydrogen (secondary N) is 1. The molecule has 1 unspecified atom stereocenters. The monoisotopic (exact) mass is 626 g/mol. The Bertz CT molecular complexity index is 1720. The van der Waals surface area contributed by atoms with Crippen LogP contribution in [0.3, 0.4) is 0 Å². The number of nitrogen functional groups attached to an aromatic ring is 2. The molecule has 0 aromatic carbocycles. The van der Waals surface area contributed by atoms with E-state index in [0.29, 0.717) is 11.2 Å². The summed E-state index contributed by atoms with van der Waals surface area (Å²) in [4.78, 5) is 46.0. The van der Waals surface area contributed by atoms with Crippen molar-refractivity contribution in [1.82, 2.24) is 39.0 Å². The molecule has 4 aromatic rings. The number of ether oxygens (including phenoxy) is 3. The summed E-state index contributed by atoms with van der Waals surface area (Å²) in [6.45, 7) is -4.86. The highest BCUT2D eigenvalue weighted by atomic mass is 32.5. The van der Waals surface area contributed by atoms with E-state index < -0.39 is 61.9 Å². The molecule has 0 amide bonds. The van der Waals surface area contributed by atoms with Crippen molar-refractivity contribution in [1.29, 1.82) is 0 Å². The first kappa shape index (κ1) is 28.9. The number of fused-ring (bicyclic) bond motifs is 2. The maximum absolute atomic E-state index is 12.2. The molecule has 8 N–H and O–H groups in total. The Labute approximate surface area is 240 Å². The van der Waals surface area contributed by atoms with Gasteiger partial charge in [0, 0.05) is 13.5 Å². The lowest BCUT2D eigenvalue weighted by Crippen LogP contribution is -2.37. The Morgan fingerprint density at radius 1 is 1.12 bits per heavy atom. The van der Waals surface area contributed by atoms with Gasteiger partial charge in [-0.1, -0.05) is 0 Å². The second kappa shape index (κ2) is 11.2. The number of aliphatic hydroxyl groups is 2. The third kappa shape index (κ3) is 5.15. The number of nitrogens with zero attached hydrogens (tertiary/aromatic N) is 7. The Morgan fingerprint density at radius 2 is 1.88 bits per heavy atom. The van der Waals surface area contributed by atoms with Crippen LogP contribution in [-0.4, -0.2) is 105 Å². The van der Waals surface area contributed by atoms with Gasteiger partial charge < -0.3 is 45.3 Å². The fraction of sp³-hybridized carbons (Fsp3) is 0.524. The lowest BCUT2D eigenvalue weighted by atomic mass is 10.1. The van der Waals surface area contributed by atoms with Gasteiger partial charge in [-0.3, -0.25) is 23.4 Å². The van der Waals surface area contributed by atoms with Gasteiger partial charge in [-0.2, -0.15) is 4.98 Å². The van der Waals surface area contributed by atoms with Gasteiger partial charge in [-0.25, -0.2) is 19.9 Å². The lowest BCUT2D eigenvalue weighted by molar-refractivity contribution is -0.0583. The molecular formula is C21H27N10O9PS. The third-order valence-corrected chi connectivity index (χ3v) is 8.58. The molecule has 0 bridgehead atoms. The highest BCUT2D eigenvalue weighted by Gasteiger charge is 2.49. The molecule has 0 radical (unpaired) electrons. The number of imidazole rings is 2. The minimum atomic E-state index is -4.02. The van der Waals surface area contributed by atoms with Crippen LogP contribution >= 0.6 is 6.72 Å². The molecule has 0 aliphatic carbocycles. The number of hydrogen-bond donors (Lipinski definition) is 6. The number of H-pyrrole nitrogens is 1. The minimum absolute atomic E-state index is 0.0104. The number of nitrogens with two attached hydrogens (primary N) is 2. The van der Waals surface area contributed by atoms with E-state index in [4.69, 9.17) is 46.5 Å². The molecule has 0 saturated carbocycles. The number of aliphatic hydroxyl groups excluding tert-OH is 2. The van der Waals surface area contributed by atoms with E-state index in [9.17, 15) is 19.9 Å². The summed E-state index contributed by atoms with van der Waals surface area (Å²) in [5.74, 6) is 0.0726. The normalized spacial score (nSPS) is 29.5. The molecule has 2 saturated heterocycles. The molecule has 21 heteroatoms. The summed E-state index contributed by atoms with van der Waals surface area (Å²) < 4.78 is 31.8. The SMILES string of the molecule is CO[C@@H]1[C@H](OP(O)(=S)OC[C@H]2O[C@@H](n3cnc4c(N)ncnc43)C[C@@H]2O)[C@@H](CO)O[C@H]1n1cnc2c(=O)[nH]c(N)nc21. The van der Waals surface area contributed by atoms with Crippen molar-refractivity contribution in [2.75, 3.05) is 31.8 Å². The van der Waals surface area contributed by atoms with Crippen molar-refractivity contribution < 1.29 is 38.4 Å². The first-order chi connectivity index (χ1) is 20.1. The van der Waals surface area contributed by atoms with Crippen molar-refractivity contribution in [3.05, 3.63) is 29.3 Å². The van der Waals surface area contributed by atoms with Gasteiger partial charge in [-0.05, 0) is 11.8 Å². The van der Waals surface area contributed by atoms with Crippen LogP contribution in [0.4, 0.5) is 11.8 Å². The van der Waals surface area contributed by atoms with Crippen LogP contribution in [0.2, 0.25) is 0 Å². The van der Waals surface area contributed by atoms with Crippen LogP contribution in [0, 0.1) is 0 Å². The van der Waals surface area contributed by atoms with Crippen LogP contribution in [-0.2, 0) is 35.1 Å². The second-order valence-electron chi connectivity index (χ2n) is 9.57. The fourth-order valence-electron chi connectivity index (χ4n) is 5.05. The number of hydrogen-bond acceptors (Lipinski definition) is 16. The Kier molecular flexibility index (Phi) is 7.68. The fourth-order valence-corrected chi connectivity index (χ4v) is 6.50. The molecule has 6 heterocycles. The van der Waals surface area contributed by atoms with Gasteiger partial charge in [0.15, 0.2) is 28.9 Å². The van der Waals surface area contributed by atoms with Crippen LogP contribution in [0.25, 0.3) is 22.3 Å². The van der Waals surface area contributed by atoms with Gasteiger partial charge in [0.1, 0.15) is 42.5 Å². The number of methoxy groups -OCH3 is 1. The second-order valence-corrected chi connectivity index (χ2v) is 12.4. The first-order valence-electron chi connectivity index (χ1n) is 12.5. The summed E-state index contributed by atoms with van der Waals surface area (Å²) in [5, 5.41) is 20.6. The van der Waals surface area contributed by atoms with Crippen LogP contribution < -0.4 is 17.0 Å². The molecule has 2 fully saturated rings. The van der Waals surface area contributed by atoms with E-state index in [1.54, 1.807) is 4.57 Å². The highest BCUT2D eigenvalue weighted by molar-refractivity contribution is 8.07. The van der Waals surface area contributed by atoms with Gasteiger partial charge in [0.25, 0.3) is 5.56 Å². The molecule has 2 aliphatic heterocycles. The van der Waals surface area contributed by atoms with E-state index in [0.717, 1.165) is 0 Å². The highest BCUT2D eigenvalue weighted by Crippen LogP contribution is 2.50. The van der Waals surface area contributed by atoms with Crippen LogP contribution in [0.15, 0.2) is 23.8 Å². The topological polar surface area (TPSA) is 266 Å². The Balaban J connectivity index is 1.15. The maximum Gasteiger partial charge on any atom is 0.325 e. The summed E-state index contributed by atoms with van der Waals surface area (Å²) >= 11 is 5.24. The molecule has 0 spiro atoms. The molecular weight excluding hydrogens is 599 g/mol. The van der Waals surface area contributed by atoms with Crippen molar-refractivity contribution in [2.45, 2.75) is 49.4 Å². The van der Waals surface area contributed by atoms with Gasteiger partial charge in [0.05, 0.1) is 32.0 Å². The predicted octanol–water partition coefficient (Wildman–Crippen LogP) is -1.70. The molecule has 42 heavy (non-hydrogen) atoms. The van der Waals surface area contributed by atoms with Gasteiger partial charge >= 0.3 is 6.72 Å². The summed E-state index contributed by atoms with van der Waals surface area (Å²) in [6, 6.07) is 0. The zero-order valence-electron chi connectivity index (χ0n) is 21.8. The summed E-state index contributed by atoms with van der Waals surface area (Å²) in [6.07, 6.45) is -2.31. The quantitative estimate of drug-likeness (QED) is 0.113. The van der Waals surface area contributed by atoms with E-state index >= 15 is 0 Å². The number of rotatable bonds is 9. The molecule has 4 aromatic heterocycles. The van der Waals surface area contributed by atoms with Crippen molar-refractivity contribution in [3.63, 3.8) is 0 Å². The Morgan fingerprint density at radius 3 is 2.64 bits per heavy atom. The van der Waals surface area contributed by atoms with Gasteiger partial charge in [0.2, 0.25) is 5.95 Å². The Hall–Kier alpha value is -3.17. The number of aromatic amines is 1. The smallest absolute Gasteiger partial charge is 0.325 e. The zero-order chi connectivity index (χ0) is 29.8. The number of anilines is 2. The van der Waals surface area contributed by atoms with E-state index in [1.807, 2.05) is 0 Å². The summed E-state index contributed by atoms with van der Waals surface area (Å²) in [5.41, 5.74) is 11.9. The zero-order valence-corrected chi connectivity index (χ0v) is 23.5. The summed E-state index contributed by atoms with van der Waals surface area (Å²) in [7, 11) is 1.37. The van der Waals surface area contributed by atoms with E-state index in [-0.39, 0.29) is 36.0 Å². The van der Waals surface area contributed by atoms with Crippen molar-refractivity contribution in [3.8, 4) is 0 Å². The number of aromatic nitrogens is 8. The molecule has 19 nitrogen and oxygen atoms in total. The minimum Gasteiger partial charge on any atom is -0.394 e. The largest absolute Gasteiger partial charge is 0.394 e. The standard InChI is InChI=1S/C21H27N10O9PS/c1-36-15-14(9(3-32)39-20(15)31-7-27-13-18(31)28-21(23)29-19(13)34)40-41(35,42)37-4-10-8(33)2-11(38-10)30-6-26-12-16(22)24-5-25-17(12)30/h5-11,14-15,20,32-33H,2-4H2,1H3,(H,35,42)(H2,22,24,25)(H3,23,28,29,34)/t8-,9+,10+,11+,14+,15+,20+,41?/m0/s1. The van der Waals surface area contributed by atoms with Crippen LogP contribution in [0.1, 0.15) is 18.9 Å². The lowest BCUT2D eigenvalue weighted by Gasteiger charge is -2.27. The average Bonchev–Trinajstić information content (AvgIpc) is 3.71. The maximum atomic E-state index is 12.2. The molecule has 2 aliphatic rings. The predicted molar refractivity (Wildman–Crippen MR) is 146 cm³/mol. The third-order valence-electron chi connectivity index (χ3n) is 7.02. The first-order valence-corrected chi connectivity index (χ1v) is 15.1. The van der Waals surface area contributed by atoms with Crippen molar-refractivity contribution >= 4 is 52.6 Å². The molecule has 8 atom stereocenters. The molecule has 226 valence electrons. The molecule has 6 rings (SSSR count). The van der Waals surface area contributed by atoms with Gasteiger partial charge in [-0.15, -0.1) is 0 Å². The van der Waals surface area contributed by atoms with E-state index in [1.165, 1.54) is 30.7 Å². The average molecular weight is 627 g/mol. The van der Waals surface area contributed by atoms with E-state index in [2.05, 4.69) is 29.9 Å². The van der Waals surface area contributed by atoms with Crippen molar-refractivity contribution in [2.24, 2.45) is 0 Å². The van der Waals surface area contributed by atoms with Crippen LogP contribution in [0.5, 0.6) is 0 Å².